The second-order valence-electron chi connectivity index (χ2n) is 4.82. The second kappa shape index (κ2) is 9.71. The van der Waals surface area contributed by atoms with E-state index in [2.05, 4.69) is 6.58 Å². The molecule has 0 saturated heterocycles. The highest BCUT2D eigenvalue weighted by molar-refractivity contribution is 5.86. The third kappa shape index (κ3) is 5.68. The Labute approximate surface area is 131 Å². The van der Waals surface area contributed by atoms with Gasteiger partial charge in [0.25, 0.3) is 0 Å². The Balaban J connectivity index is 2.28. The predicted octanol–water partition coefficient (Wildman–Crippen LogP) is 3.37. The fourth-order valence-electron chi connectivity index (χ4n) is 1.80. The zero-order valence-corrected chi connectivity index (χ0v) is 13.5. The van der Waals surface area contributed by atoms with Crippen LogP contribution in [-0.4, -0.2) is 33.4 Å². The normalized spacial score (nSPS) is 9.95. The van der Waals surface area contributed by atoms with Crippen molar-refractivity contribution in [1.29, 1.82) is 0 Å². The molecule has 0 unspecified atom stereocenters. The molecule has 0 spiro atoms. The Hall–Kier alpha value is -2.17. The van der Waals surface area contributed by atoms with Crippen molar-refractivity contribution in [2.24, 2.45) is 0 Å². The number of carbonyl (C=O) groups excluding carboxylic acids is 1. The van der Waals surface area contributed by atoms with Crippen LogP contribution in [0.4, 0.5) is 0 Å². The van der Waals surface area contributed by atoms with Crippen LogP contribution in [0.25, 0.3) is 0 Å². The van der Waals surface area contributed by atoms with Gasteiger partial charge in [-0.3, -0.25) is 0 Å². The molecule has 0 saturated carbocycles. The average molecular weight is 308 g/mol. The number of unbranched alkanes of at least 4 members (excludes halogenated alkanes) is 2. The molecular formula is C17H24O5. The van der Waals surface area contributed by atoms with Crippen molar-refractivity contribution in [2.75, 3.05) is 27.4 Å². The van der Waals surface area contributed by atoms with Crippen molar-refractivity contribution in [3.63, 3.8) is 0 Å². The zero-order valence-electron chi connectivity index (χ0n) is 13.5. The van der Waals surface area contributed by atoms with Gasteiger partial charge in [-0.2, -0.15) is 0 Å². The van der Waals surface area contributed by atoms with E-state index in [0.717, 1.165) is 19.3 Å². The Morgan fingerprint density at radius 3 is 2.18 bits per heavy atom. The molecule has 1 aromatic rings. The number of ether oxygens (including phenoxy) is 4. The number of hydrogen-bond acceptors (Lipinski definition) is 5. The maximum absolute atomic E-state index is 11.2. The number of methoxy groups -OCH3 is 2. The van der Waals surface area contributed by atoms with Crippen LogP contribution in [0.2, 0.25) is 0 Å². The van der Waals surface area contributed by atoms with Crippen LogP contribution in [-0.2, 0) is 9.53 Å². The lowest BCUT2D eigenvalue weighted by molar-refractivity contribution is -0.139. The summed E-state index contributed by atoms with van der Waals surface area (Å²) < 4.78 is 21.3. The summed E-state index contributed by atoms with van der Waals surface area (Å²) in [6.45, 7) is 6.12. The SMILES string of the molecule is C=C(C)C(=O)OCCCCCOc1c(OC)cccc1OC. The van der Waals surface area contributed by atoms with Gasteiger partial charge in [-0.1, -0.05) is 12.6 Å². The first-order valence-electron chi connectivity index (χ1n) is 7.26. The molecule has 0 N–H and O–H groups in total. The minimum absolute atomic E-state index is 0.338. The molecule has 0 radical (unpaired) electrons. The van der Waals surface area contributed by atoms with Gasteiger partial charge >= 0.3 is 5.97 Å². The van der Waals surface area contributed by atoms with Gasteiger partial charge in [0.05, 0.1) is 27.4 Å². The molecule has 0 atom stereocenters. The van der Waals surface area contributed by atoms with Crippen LogP contribution < -0.4 is 14.2 Å². The van der Waals surface area contributed by atoms with Crippen LogP contribution in [0.1, 0.15) is 26.2 Å². The number of benzene rings is 1. The van der Waals surface area contributed by atoms with Gasteiger partial charge in [0, 0.05) is 5.57 Å². The van der Waals surface area contributed by atoms with E-state index in [1.807, 2.05) is 18.2 Å². The summed E-state index contributed by atoms with van der Waals surface area (Å²) in [7, 11) is 3.19. The van der Waals surface area contributed by atoms with Crippen molar-refractivity contribution >= 4 is 5.97 Å². The van der Waals surface area contributed by atoms with E-state index in [-0.39, 0.29) is 5.97 Å². The maximum Gasteiger partial charge on any atom is 0.333 e. The average Bonchev–Trinajstić information content (AvgIpc) is 2.53. The van der Waals surface area contributed by atoms with Gasteiger partial charge in [-0.05, 0) is 38.3 Å². The Morgan fingerprint density at radius 1 is 1.05 bits per heavy atom. The van der Waals surface area contributed by atoms with Crippen LogP contribution in [0.15, 0.2) is 30.4 Å². The van der Waals surface area contributed by atoms with Gasteiger partial charge in [0.15, 0.2) is 11.5 Å². The van der Waals surface area contributed by atoms with E-state index in [0.29, 0.717) is 36.0 Å². The third-order valence-electron chi connectivity index (χ3n) is 3.00. The molecule has 5 heteroatoms. The molecule has 1 aromatic carbocycles. The molecule has 0 aliphatic carbocycles. The molecule has 0 bridgehead atoms. The highest BCUT2D eigenvalue weighted by Crippen LogP contribution is 2.36. The van der Waals surface area contributed by atoms with Crippen LogP contribution in [0, 0.1) is 0 Å². The molecule has 0 aromatic heterocycles. The minimum atomic E-state index is -0.338. The van der Waals surface area contributed by atoms with Gasteiger partial charge in [-0.15, -0.1) is 0 Å². The van der Waals surface area contributed by atoms with E-state index in [1.165, 1.54) is 0 Å². The first-order valence-corrected chi connectivity index (χ1v) is 7.26. The summed E-state index contributed by atoms with van der Waals surface area (Å²) >= 11 is 0. The molecule has 22 heavy (non-hydrogen) atoms. The predicted molar refractivity (Wildman–Crippen MR) is 84.7 cm³/mol. The molecule has 1 rings (SSSR count). The molecule has 0 fully saturated rings. The highest BCUT2D eigenvalue weighted by Gasteiger charge is 2.10. The van der Waals surface area contributed by atoms with Crippen molar-refractivity contribution in [3.8, 4) is 17.2 Å². The number of para-hydroxylation sites is 1. The summed E-state index contributed by atoms with van der Waals surface area (Å²) in [5, 5.41) is 0. The van der Waals surface area contributed by atoms with Gasteiger partial charge in [-0.25, -0.2) is 4.79 Å². The Kier molecular flexibility index (Phi) is 7.89. The van der Waals surface area contributed by atoms with Crippen molar-refractivity contribution in [1.82, 2.24) is 0 Å². The third-order valence-corrected chi connectivity index (χ3v) is 3.00. The summed E-state index contributed by atoms with van der Waals surface area (Å²) in [5.74, 6) is 1.57. The minimum Gasteiger partial charge on any atom is -0.493 e. The molecular weight excluding hydrogens is 284 g/mol. The number of rotatable bonds is 10. The fourth-order valence-corrected chi connectivity index (χ4v) is 1.80. The lowest BCUT2D eigenvalue weighted by Crippen LogP contribution is -2.07. The largest absolute Gasteiger partial charge is 0.493 e. The molecule has 0 amide bonds. The molecule has 5 nitrogen and oxygen atoms in total. The molecule has 0 aliphatic heterocycles. The standard InChI is InChI=1S/C17H24O5/c1-13(2)17(18)22-12-7-5-6-11-21-16-14(19-3)9-8-10-15(16)20-4/h8-10H,1,5-7,11-12H2,2-4H3. The van der Waals surface area contributed by atoms with E-state index >= 15 is 0 Å². The van der Waals surface area contributed by atoms with E-state index in [4.69, 9.17) is 18.9 Å². The van der Waals surface area contributed by atoms with E-state index in [9.17, 15) is 4.79 Å². The quantitative estimate of drug-likeness (QED) is 0.377. The second-order valence-corrected chi connectivity index (χ2v) is 4.82. The summed E-state index contributed by atoms with van der Waals surface area (Å²) in [5.41, 5.74) is 0.423. The molecule has 122 valence electrons. The van der Waals surface area contributed by atoms with Crippen molar-refractivity contribution in [2.45, 2.75) is 26.2 Å². The first kappa shape index (κ1) is 17.9. The van der Waals surface area contributed by atoms with Crippen molar-refractivity contribution in [3.05, 3.63) is 30.4 Å². The highest BCUT2D eigenvalue weighted by atomic mass is 16.5. The summed E-state index contributed by atoms with van der Waals surface area (Å²) in [4.78, 5) is 11.2. The number of esters is 1. The van der Waals surface area contributed by atoms with Crippen LogP contribution >= 0.6 is 0 Å². The number of carbonyl (C=O) groups is 1. The molecule has 0 aliphatic rings. The van der Waals surface area contributed by atoms with E-state index in [1.54, 1.807) is 21.1 Å². The topological polar surface area (TPSA) is 54.0 Å². The maximum atomic E-state index is 11.2. The van der Waals surface area contributed by atoms with Gasteiger partial charge in [0.2, 0.25) is 5.75 Å². The Morgan fingerprint density at radius 2 is 1.64 bits per heavy atom. The van der Waals surface area contributed by atoms with Crippen LogP contribution in [0.5, 0.6) is 17.2 Å². The summed E-state index contributed by atoms with van der Waals surface area (Å²) in [6.07, 6.45) is 2.55. The number of hydrogen-bond donors (Lipinski definition) is 0. The zero-order chi connectivity index (χ0) is 16.4. The molecule has 0 heterocycles. The van der Waals surface area contributed by atoms with Crippen molar-refractivity contribution < 1.29 is 23.7 Å². The first-order chi connectivity index (χ1) is 10.6. The monoisotopic (exact) mass is 308 g/mol. The lowest BCUT2D eigenvalue weighted by Gasteiger charge is -2.14. The smallest absolute Gasteiger partial charge is 0.333 e. The summed E-state index contributed by atoms with van der Waals surface area (Å²) in [6, 6.07) is 5.50. The van der Waals surface area contributed by atoms with Gasteiger partial charge in [0.1, 0.15) is 0 Å². The van der Waals surface area contributed by atoms with Gasteiger partial charge < -0.3 is 18.9 Å². The Bertz CT molecular complexity index is 474. The fraction of sp³-hybridized carbons (Fsp3) is 0.471. The van der Waals surface area contributed by atoms with E-state index < -0.39 is 0 Å². The lowest BCUT2D eigenvalue weighted by atomic mass is 10.2. The van der Waals surface area contributed by atoms with Crippen LogP contribution in [0.3, 0.4) is 0 Å².